The molecule has 0 atom stereocenters. The predicted molar refractivity (Wildman–Crippen MR) is 90.4 cm³/mol. The minimum Gasteiger partial charge on any atom is -0.0801 e. The van der Waals surface area contributed by atoms with Gasteiger partial charge in [-0.25, -0.2) is 0 Å². The van der Waals surface area contributed by atoms with Crippen LogP contribution in [0.1, 0.15) is 6.42 Å². The average Bonchev–Trinajstić information content (AvgIpc) is 2.93. The van der Waals surface area contributed by atoms with Crippen LogP contribution in [-0.2, 0) is 0 Å². The summed E-state index contributed by atoms with van der Waals surface area (Å²) in [6.45, 7) is 0. The van der Waals surface area contributed by atoms with Gasteiger partial charge in [0.15, 0.2) is 0 Å². The van der Waals surface area contributed by atoms with E-state index >= 15 is 0 Å². The zero-order chi connectivity index (χ0) is 13.8. The number of hydrogen-bond donors (Lipinski definition) is 0. The van der Waals surface area contributed by atoms with E-state index in [1.54, 1.807) is 0 Å². The molecule has 3 aromatic rings. The number of rotatable bonds is 0. The Morgan fingerprint density at radius 3 is 2.67 bits per heavy atom. The summed E-state index contributed by atoms with van der Waals surface area (Å²) in [4.78, 5) is 0. The summed E-state index contributed by atoms with van der Waals surface area (Å²) < 4.78 is 0. The Balaban J connectivity index is 2.04. The van der Waals surface area contributed by atoms with Gasteiger partial charge in [0.05, 0.1) is 0 Å². The molecule has 0 saturated carbocycles. The number of allylic oxidation sites excluding steroid dienone is 4. The maximum atomic E-state index is 2.35. The molecule has 98 valence electrons. The van der Waals surface area contributed by atoms with E-state index < -0.39 is 0 Å². The van der Waals surface area contributed by atoms with Crippen molar-refractivity contribution in [3.8, 4) is 0 Å². The SMILES string of the molecule is C1=CC2=c3ccc4c(ccc5ccccc54)c3=CC2=CC1. The molecule has 0 N–H and O–H groups in total. The van der Waals surface area contributed by atoms with Crippen molar-refractivity contribution in [3.05, 3.63) is 82.8 Å². The molecular formula is C21H14. The fraction of sp³-hybridized carbons (Fsp3) is 0.0476. The van der Waals surface area contributed by atoms with E-state index in [1.807, 2.05) is 0 Å². The van der Waals surface area contributed by atoms with Gasteiger partial charge < -0.3 is 0 Å². The van der Waals surface area contributed by atoms with Crippen LogP contribution < -0.4 is 10.4 Å². The highest BCUT2D eigenvalue weighted by atomic mass is 14.2. The average molecular weight is 266 g/mol. The van der Waals surface area contributed by atoms with Crippen LogP contribution >= 0.6 is 0 Å². The third-order valence-corrected chi connectivity index (χ3v) is 4.63. The second kappa shape index (κ2) is 3.95. The lowest BCUT2D eigenvalue weighted by Crippen LogP contribution is -2.23. The summed E-state index contributed by atoms with van der Waals surface area (Å²) >= 11 is 0. The van der Waals surface area contributed by atoms with Crippen molar-refractivity contribution < 1.29 is 0 Å². The second-order valence-corrected chi connectivity index (χ2v) is 5.76. The monoisotopic (exact) mass is 266 g/mol. The van der Waals surface area contributed by atoms with Crippen molar-refractivity contribution in [2.24, 2.45) is 0 Å². The number of benzene rings is 3. The number of fused-ring (bicyclic) bond motifs is 6. The molecule has 2 aliphatic carbocycles. The standard InChI is InChI=1S/C21H14/c1-3-7-16-14(5-1)9-10-20-18(16)11-12-19-17-8-4-2-6-15(17)13-21(19)20/h1,3-13H,2H2. The fourth-order valence-corrected chi connectivity index (χ4v) is 3.63. The summed E-state index contributed by atoms with van der Waals surface area (Å²) in [7, 11) is 0. The van der Waals surface area contributed by atoms with E-state index in [2.05, 4.69) is 72.8 Å². The largest absolute Gasteiger partial charge is 0.0801 e. The van der Waals surface area contributed by atoms with E-state index in [0.29, 0.717) is 0 Å². The molecule has 0 saturated heterocycles. The van der Waals surface area contributed by atoms with Crippen LogP contribution in [0.3, 0.4) is 0 Å². The first-order valence-corrected chi connectivity index (χ1v) is 7.45. The maximum absolute atomic E-state index is 2.35. The van der Waals surface area contributed by atoms with Crippen LogP contribution in [0.25, 0.3) is 33.2 Å². The van der Waals surface area contributed by atoms with Crippen LogP contribution in [0.5, 0.6) is 0 Å². The van der Waals surface area contributed by atoms with E-state index in [0.717, 1.165) is 6.42 Å². The number of hydrogen-bond acceptors (Lipinski definition) is 0. The Labute approximate surface area is 123 Å². The Morgan fingerprint density at radius 1 is 0.762 bits per heavy atom. The molecule has 0 heteroatoms. The topological polar surface area (TPSA) is 0 Å². The van der Waals surface area contributed by atoms with Gasteiger partial charge in [0.25, 0.3) is 0 Å². The lowest BCUT2D eigenvalue weighted by atomic mass is 9.99. The third kappa shape index (κ3) is 1.45. The van der Waals surface area contributed by atoms with E-state index in [1.165, 1.54) is 43.1 Å². The van der Waals surface area contributed by atoms with Crippen LogP contribution in [0.2, 0.25) is 0 Å². The van der Waals surface area contributed by atoms with Crippen molar-refractivity contribution in [1.29, 1.82) is 0 Å². The van der Waals surface area contributed by atoms with Gasteiger partial charge in [-0.15, -0.1) is 0 Å². The van der Waals surface area contributed by atoms with Gasteiger partial charge in [0.1, 0.15) is 0 Å². The highest BCUT2D eigenvalue weighted by molar-refractivity contribution is 6.08. The Hall–Kier alpha value is -2.60. The van der Waals surface area contributed by atoms with Crippen molar-refractivity contribution in [1.82, 2.24) is 0 Å². The first-order chi connectivity index (χ1) is 10.4. The molecule has 0 heterocycles. The molecule has 2 aliphatic rings. The summed E-state index contributed by atoms with van der Waals surface area (Å²) in [6, 6.07) is 17.7. The first kappa shape index (κ1) is 11.1. The van der Waals surface area contributed by atoms with Crippen molar-refractivity contribution in [2.75, 3.05) is 0 Å². The van der Waals surface area contributed by atoms with E-state index in [4.69, 9.17) is 0 Å². The molecule has 0 bridgehead atoms. The van der Waals surface area contributed by atoms with Gasteiger partial charge in [-0.05, 0) is 55.6 Å². The second-order valence-electron chi connectivity index (χ2n) is 5.76. The van der Waals surface area contributed by atoms with Crippen LogP contribution in [0.4, 0.5) is 0 Å². The van der Waals surface area contributed by atoms with Gasteiger partial charge in [-0.1, -0.05) is 66.8 Å². The summed E-state index contributed by atoms with van der Waals surface area (Å²) in [6.07, 6.45) is 10.2. The molecule has 0 radical (unpaired) electrons. The normalized spacial score (nSPS) is 15.8. The molecule has 0 spiro atoms. The van der Waals surface area contributed by atoms with Crippen LogP contribution in [-0.4, -0.2) is 0 Å². The molecule has 0 fully saturated rings. The van der Waals surface area contributed by atoms with Gasteiger partial charge in [-0.2, -0.15) is 0 Å². The van der Waals surface area contributed by atoms with Gasteiger partial charge in [0.2, 0.25) is 0 Å². The summed E-state index contributed by atoms with van der Waals surface area (Å²) in [5.74, 6) is 0. The molecule has 0 nitrogen and oxygen atoms in total. The molecule has 0 amide bonds. The van der Waals surface area contributed by atoms with Gasteiger partial charge in [-0.3, -0.25) is 0 Å². The van der Waals surface area contributed by atoms with Crippen LogP contribution in [0.15, 0.2) is 72.3 Å². The van der Waals surface area contributed by atoms with Gasteiger partial charge in [0, 0.05) is 0 Å². The van der Waals surface area contributed by atoms with Crippen LogP contribution in [0, 0.1) is 0 Å². The fourth-order valence-electron chi connectivity index (χ4n) is 3.63. The molecule has 3 aromatic carbocycles. The molecule has 0 aromatic heterocycles. The minimum atomic E-state index is 1.05. The first-order valence-electron chi connectivity index (χ1n) is 7.45. The van der Waals surface area contributed by atoms with Crippen molar-refractivity contribution >= 4 is 33.2 Å². The highest BCUT2D eigenvalue weighted by Gasteiger charge is 2.13. The maximum Gasteiger partial charge on any atom is -0.00929 e. The van der Waals surface area contributed by atoms with E-state index in [-0.39, 0.29) is 0 Å². The lowest BCUT2D eigenvalue weighted by molar-refractivity contribution is 1.35. The molecule has 21 heavy (non-hydrogen) atoms. The molecule has 0 aliphatic heterocycles. The highest BCUT2D eigenvalue weighted by Crippen LogP contribution is 2.26. The summed E-state index contributed by atoms with van der Waals surface area (Å²) in [5, 5.41) is 8.13. The molecule has 0 unspecified atom stereocenters. The van der Waals surface area contributed by atoms with E-state index in [9.17, 15) is 0 Å². The quantitative estimate of drug-likeness (QED) is 0.543. The Bertz CT molecular complexity index is 1090. The minimum absolute atomic E-state index is 1.05. The summed E-state index contributed by atoms with van der Waals surface area (Å²) in [5.41, 5.74) is 2.76. The predicted octanol–water partition coefficient (Wildman–Crippen LogP) is 3.82. The zero-order valence-corrected chi connectivity index (χ0v) is 11.6. The molecular weight excluding hydrogens is 252 g/mol. The smallest absolute Gasteiger partial charge is 0.00929 e. The Morgan fingerprint density at radius 2 is 1.67 bits per heavy atom. The lowest BCUT2D eigenvalue weighted by Gasteiger charge is -2.05. The molecule has 5 rings (SSSR count). The van der Waals surface area contributed by atoms with Crippen molar-refractivity contribution in [3.63, 3.8) is 0 Å². The zero-order valence-electron chi connectivity index (χ0n) is 11.6. The van der Waals surface area contributed by atoms with Crippen molar-refractivity contribution in [2.45, 2.75) is 6.42 Å². The third-order valence-electron chi connectivity index (χ3n) is 4.63. The Kier molecular flexibility index (Phi) is 2.09. The van der Waals surface area contributed by atoms with Gasteiger partial charge >= 0.3 is 0 Å².